The van der Waals surface area contributed by atoms with Crippen LogP contribution in [0.25, 0.3) is 0 Å². The maximum absolute atomic E-state index is 13.5. The summed E-state index contributed by atoms with van der Waals surface area (Å²) >= 11 is 0. The Bertz CT molecular complexity index is 413. The first-order chi connectivity index (χ1) is 9.10. The van der Waals surface area contributed by atoms with Gasteiger partial charge in [-0.3, -0.25) is 0 Å². The van der Waals surface area contributed by atoms with Crippen molar-refractivity contribution in [2.45, 2.75) is 45.1 Å². The third kappa shape index (κ3) is 3.66. The molecule has 0 aromatic heterocycles. The van der Waals surface area contributed by atoms with Gasteiger partial charge in [0.05, 0.1) is 0 Å². The number of phenols is 1. The van der Waals surface area contributed by atoms with E-state index in [0.29, 0.717) is 19.0 Å². The van der Waals surface area contributed by atoms with Crippen LogP contribution in [0.3, 0.4) is 0 Å². The minimum Gasteiger partial charge on any atom is -0.508 e. The summed E-state index contributed by atoms with van der Waals surface area (Å²) in [5.74, 6) is -0.915. The molecule has 0 heterocycles. The van der Waals surface area contributed by atoms with Crippen molar-refractivity contribution in [1.29, 1.82) is 0 Å². The largest absolute Gasteiger partial charge is 0.508 e. The van der Waals surface area contributed by atoms with Crippen molar-refractivity contribution in [3.8, 4) is 5.75 Å². The Balaban J connectivity index is 1.83. The summed E-state index contributed by atoms with van der Waals surface area (Å²) in [6, 6.07) is 2.40. The number of nitrogens with one attached hydrogen (secondary N) is 1. The summed E-state index contributed by atoms with van der Waals surface area (Å²) in [6.07, 6.45) is 5.08. The van der Waals surface area contributed by atoms with Crippen LogP contribution in [0.15, 0.2) is 12.1 Å². The zero-order chi connectivity index (χ0) is 13.8. The van der Waals surface area contributed by atoms with Crippen molar-refractivity contribution in [2.75, 3.05) is 6.54 Å². The molecule has 2 unspecified atom stereocenters. The minimum absolute atomic E-state index is 0.0512. The molecule has 1 fully saturated rings. The number of hydrogen-bond acceptors (Lipinski definition) is 2. The highest BCUT2D eigenvalue weighted by Gasteiger charge is 2.22. The van der Waals surface area contributed by atoms with Crippen LogP contribution in [0.1, 0.15) is 38.2 Å². The second-order valence-corrected chi connectivity index (χ2v) is 5.38. The van der Waals surface area contributed by atoms with E-state index in [9.17, 15) is 8.78 Å². The van der Waals surface area contributed by atoms with Crippen LogP contribution in [0.2, 0.25) is 0 Å². The summed E-state index contributed by atoms with van der Waals surface area (Å²) in [6.45, 7) is 2.77. The van der Waals surface area contributed by atoms with Crippen molar-refractivity contribution >= 4 is 0 Å². The fourth-order valence-electron chi connectivity index (χ4n) is 2.86. The number of rotatable bonds is 5. The topological polar surface area (TPSA) is 32.3 Å². The predicted molar refractivity (Wildman–Crippen MR) is 71.1 cm³/mol. The lowest BCUT2D eigenvalue weighted by atomic mass is 10.1. The van der Waals surface area contributed by atoms with Crippen molar-refractivity contribution in [3.63, 3.8) is 0 Å². The monoisotopic (exact) mass is 269 g/mol. The molecule has 2 rings (SSSR count). The van der Waals surface area contributed by atoms with Crippen LogP contribution < -0.4 is 5.32 Å². The van der Waals surface area contributed by atoms with E-state index in [1.165, 1.54) is 12.8 Å². The van der Waals surface area contributed by atoms with Crippen LogP contribution in [0.4, 0.5) is 8.78 Å². The van der Waals surface area contributed by atoms with Gasteiger partial charge in [0.2, 0.25) is 0 Å². The molecule has 1 aromatic carbocycles. The first kappa shape index (κ1) is 14.3. The molecule has 0 aliphatic heterocycles. The Morgan fingerprint density at radius 1 is 1.26 bits per heavy atom. The van der Waals surface area contributed by atoms with Gasteiger partial charge < -0.3 is 10.4 Å². The van der Waals surface area contributed by atoms with Gasteiger partial charge in [-0.15, -0.1) is 0 Å². The molecule has 2 N–H and O–H groups in total. The van der Waals surface area contributed by atoms with Crippen LogP contribution in [-0.4, -0.2) is 17.7 Å². The second kappa shape index (κ2) is 6.33. The van der Waals surface area contributed by atoms with Crippen molar-refractivity contribution < 1.29 is 13.9 Å². The van der Waals surface area contributed by atoms with Crippen LogP contribution in [0, 0.1) is 17.6 Å². The van der Waals surface area contributed by atoms with Gasteiger partial charge in [0.25, 0.3) is 0 Å². The van der Waals surface area contributed by atoms with Gasteiger partial charge in [0.1, 0.15) is 17.4 Å². The molecule has 19 heavy (non-hydrogen) atoms. The zero-order valence-electron chi connectivity index (χ0n) is 11.3. The summed E-state index contributed by atoms with van der Waals surface area (Å²) < 4.78 is 27.0. The molecular formula is C15H21F2NO. The average molecular weight is 269 g/mol. The fraction of sp³-hybridized carbons (Fsp3) is 0.600. The Kier molecular flexibility index (Phi) is 4.75. The van der Waals surface area contributed by atoms with E-state index < -0.39 is 11.6 Å². The highest BCUT2D eigenvalue weighted by Crippen LogP contribution is 2.28. The summed E-state index contributed by atoms with van der Waals surface area (Å²) in [5.41, 5.74) is 0.0512. The highest BCUT2D eigenvalue weighted by molar-refractivity contribution is 5.29. The molecule has 1 saturated carbocycles. The van der Waals surface area contributed by atoms with Crippen molar-refractivity contribution in [2.24, 2.45) is 5.92 Å². The smallest absolute Gasteiger partial charge is 0.133 e. The number of benzene rings is 1. The third-order valence-corrected chi connectivity index (χ3v) is 4.05. The normalized spacial score (nSPS) is 22.9. The summed E-state index contributed by atoms with van der Waals surface area (Å²) in [5, 5.41) is 12.4. The molecule has 1 aliphatic rings. The van der Waals surface area contributed by atoms with Gasteiger partial charge in [-0.1, -0.05) is 13.3 Å². The van der Waals surface area contributed by atoms with E-state index in [1.807, 2.05) is 0 Å². The molecule has 4 heteroatoms. The summed E-state index contributed by atoms with van der Waals surface area (Å²) in [7, 11) is 0. The number of halogens is 2. The first-order valence-electron chi connectivity index (χ1n) is 7.00. The van der Waals surface area contributed by atoms with Gasteiger partial charge in [0.15, 0.2) is 0 Å². The fourth-order valence-corrected chi connectivity index (χ4v) is 2.86. The highest BCUT2D eigenvalue weighted by atomic mass is 19.1. The molecule has 0 spiro atoms. The van der Waals surface area contributed by atoms with Gasteiger partial charge in [-0.25, -0.2) is 8.78 Å². The lowest BCUT2D eigenvalue weighted by molar-refractivity contribution is 0.451. The molecule has 1 aliphatic carbocycles. The predicted octanol–water partition coefficient (Wildman–Crippen LogP) is 3.38. The maximum Gasteiger partial charge on any atom is 0.133 e. The Labute approximate surface area is 112 Å². The van der Waals surface area contributed by atoms with Crippen molar-refractivity contribution in [1.82, 2.24) is 5.32 Å². The molecule has 2 atom stereocenters. The third-order valence-electron chi connectivity index (χ3n) is 4.05. The van der Waals surface area contributed by atoms with E-state index in [0.717, 1.165) is 30.9 Å². The molecule has 0 amide bonds. The average Bonchev–Trinajstić information content (AvgIpc) is 2.80. The van der Waals surface area contributed by atoms with Crippen LogP contribution in [-0.2, 0) is 6.42 Å². The van der Waals surface area contributed by atoms with E-state index in [4.69, 9.17) is 5.11 Å². The lowest BCUT2D eigenvalue weighted by Gasteiger charge is -2.13. The van der Waals surface area contributed by atoms with Crippen LogP contribution in [0.5, 0.6) is 5.75 Å². The number of phenolic OH excluding ortho intramolecular Hbond substituents is 1. The SMILES string of the molecule is CCC1CCC(NCCc2c(F)cc(O)cc2F)C1. The molecule has 2 nitrogen and oxygen atoms in total. The van der Waals surface area contributed by atoms with Gasteiger partial charge in [-0.05, 0) is 38.1 Å². The second-order valence-electron chi connectivity index (χ2n) is 5.38. The minimum atomic E-state index is -0.669. The quantitative estimate of drug-likeness (QED) is 0.859. The van der Waals surface area contributed by atoms with Gasteiger partial charge in [0, 0.05) is 23.7 Å². The van der Waals surface area contributed by atoms with E-state index in [-0.39, 0.29) is 11.3 Å². The molecule has 0 saturated heterocycles. The number of aromatic hydroxyl groups is 1. The molecule has 106 valence electrons. The van der Waals surface area contributed by atoms with E-state index in [2.05, 4.69) is 12.2 Å². The van der Waals surface area contributed by atoms with E-state index >= 15 is 0 Å². The number of hydrogen-bond donors (Lipinski definition) is 2. The molecular weight excluding hydrogens is 248 g/mol. The lowest BCUT2D eigenvalue weighted by Crippen LogP contribution is -2.28. The Hall–Kier alpha value is -1.16. The van der Waals surface area contributed by atoms with E-state index in [1.54, 1.807) is 0 Å². The molecule has 0 radical (unpaired) electrons. The zero-order valence-corrected chi connectivity index (χ0v) is 11.3. The van der Waals surface area contributed by atoms with Crippen molar-refractivity contribution in [3.05, 3.63) is 29.3 Å². The summed E-state index contributed by atoms with van der Waals surface area (Å²) in [4.78, 5) is 0. The van der Waals surface area contributed by atoms with Gasteiger partial charge >= 0.3 is 0 Å². The first-order valence-corrected chi connectivity index (χ1v) is 7.00. The Morgan fingerprint density at radius 3 is 2.53 bits per heavy atom. The maximum atomic E-state index is 13.5. The Morgan fingerprint density at radius 2 is 1.95 bits per heavy atom. The standard InChI is InChI=1S/C15H21F2NO/c1-2-10-3-4-11(7-10)18-6-5-13-14(16)8-12(19)9-15(13)17/h8-11,18-19H,2-7H2,1H3. The van der Waals surface area contributed by atoms with Crippen LogP contribution >= 0.6 is 0 Å². The molecule has 0 bridgehead atoms. The molecule has 1 aromatic rings. The van der Waals surface area contributed by atoms with Gasteiger partial charge in [-0.2, -0.15) is 0 Å².